The van der Waals surface area contributed by atoms with Crippen molar-refractivity contribution >= 4 is 29.3 Å². The van der Waals surface area contributed by atoms with Crippen molar-refractivity contribution in [2.75, 3.05) is 5.75 Å². The monoisotopic (exact) mass is 372 g/mol. The summed E-state index contributed by atoms with van der Waals surface area (Å²) in [6.07, 6.45) is 0. The maximum Gasteiger partial charge on any atom is 0.251 e. The lowest BCUT2D eigenvalue weighted by molar-refractivity contribution is 0.0949. The largest absolute Gasteiger partial charge is 0.345 e. The number of hydrogen-bond acceptors (Lipinski definition) is 4. The maximum atomic E-state index is 12.3. The minimum absolute atomic E-state index is 0.147. The number of nitrogens with zero attached hydrogens (tertiary/aromatic N) is 3. The Bertz CT molecular complexity index is 867. The molecule has 25 heavy (non-hydrogen) atoms. The summed E-state index contributed by atoms with van der Waals surface area (Å²) >= 11 is 7.71. The molecule has 0 aliphatic rings. The van der Waals surface area contributed by atoms with Crippen LogP contribution in [0.4, 0.5) is 0 Å². The molecule has 0 saturated carbocycles. The third-order valence-corrected chi connectivity index (χ3v) is 4.53. The fourth-order valence-corrected chi connectivity index (χ4v) is 3.24. The van der Waals surface area contributed by atoms with Gasteiger partial charge >= 0.3 is 0 Å². The number of carbonyl (C=O) groups is 1. The zero-order valence-electron chi connectivity index (χ0n) is 13.6. The highest BCUT2D eigenvalue weighted by Crippen LogP contribution is 2.23. The second-order valence-corrected chi connectivity index (χ2v) is 6.86. The number of halogens is 1. The Hall–Kier alpha value is -2.31. The minimum atomic E-state index is -0.147. The highest BCUT2D eigenvalue weighted by molar-refractivity contribution is 7.99. The molecule has 0 saturated heterocycles. The van der Waals surface area contributed by atoms with Gasteiger partial charge in [0.2, 0.25) is 0 Å². The van der Waals surface area contributed by atoms with Crippen molar-refractivity contribution in [1.29, 1.82) is 0 Å². The second kappa shape index (κ2) is 8.18. The van der Waals surface area contributed by atoms with Crippen molar-refractivity contribution < 1.29 is 4.79 Å². The molecule has 0 aliphatic carbocycles. The minimum Gasteiger partial charge on any atom is -0.345 e. The smallest absolute Gasteiger partial charge is 0.251 e. The van der Waals surface area contributed by atoms with Crippen molar-refractivity contribution in [3.05, 3.63) is 71.0 Å². The quantitative estimate of drug-likeness (QED) is 0.665. The van der Waals surface area contributed by atoms with Gasteiger partial charge in [-0.15, -0.1) is 10.2 Å². The molecule has 0 atom stereocenters. The average molecular weight is 373 g/mol. The van der Waals surface area contributed by atoms with Crippen molar-refractivity contribution in [2.24, 2.45) is 0 Å². The number of amides is 1. The summed E-state index contributed by atoms with van der Waals surface area (Å²) in [7, 11) is 0. The Labute approximate surface area is 155 Å². The van der Waals surface area contributed by atoms with E-state index in [-0.39, 0.29) is 12.5 Å². The topological polar surface area (TPSA) is 59.8 Å². The molecule has 1 amide bonds. The van der Waals surface area contributed by atoms with Gasteiger partial charge in [0.15, 0.2) is 11.0 Å². The second-order valence-electron chi connectivity index (χ2n) is 5.20. The van der Waals surface area contributed by atoms with Crippen LogP contribution >= 0.6 is 23.4 Å². The van der Waals surface area contributed by atoms with E-state index in [9.17, 15) is 4.79 Å². The highest BCUT2D eigenvalue weighted by atomic mass is 35.5. The molecular formula is C18H17ClN4OS. The summed E-state index contributed by atoms with van der Waals surface area (Å²) in [5, 5.41) is 12.8. The van der Waals surface area contributed by atoms with Gasteiger partial charge < -0.3 is 5.32 Å². The molecule has 1 heterocycles. The SMILES string of the molecule is CCSc1nnc(CNC(=O)c2ccccc2)n1-c1cccc(Cl)c1. The summed E-state index contributed by atoms with van der Waals surface area (Å²) in [4.78, 5) is 12.3. The summed E-state index contributed by atoms with van der Waals surface area (Å²) in [6.45, 7) is 2.33. The van der Waals surface area contributed by atoms with Crippen LogP contribution in [0.5, 0.6) is 0 Å². The van der Waals surface area contributed by atoms with E-state index in [4.69, 9.17) is 11.6 Å². The van der Waals surface area contributed by atoms with E-state index in [1.54, 1.807) is 23.9 Å². The van der Waals surface area contributed by atoms with E-state index in [0.29, 0.717) is 16.4 Å². The number of thioether (sulfide) groups is 1. The van der Waals surface area contributed by atoms with Crippen LogP contribution in [0.3, 0.4) is 0 Å². The van der Waals surface area contributed by atoms with Crippen LogP contribution in [0.1, 0.15) is 23.1 Å². The van der Waals surface area contributed by atoms with Crippen LogP contribution < -0.4 is 5.32 Å². The first kappa shape index (κ1) is 17.5. The molecule has 2 aromatic carbocycles. The summed E-state index contributed by atoms with van der Waals surface area (Å²) in [6, 6.07) is 16.6. The molecule has 1 aromatic heterocycles. The van der Waals surface area contributed by atoms with Gasteiger partial charge in [-0.1, -0.05) is 54.6 Å². The van der Waals surface area contributed by atoms with Crippen molar-refractivity contribution in [3.8, 4) is 5.69 Å². The standard InChI is InChI=1S/C18H17ClN4OS/c1-2-25-18-22-21-16(23(18)15-10-6-9-14(19)11-15)12-20-17(24)13-7-4-3-5-8-13/h3-11H,2,12H2,1H3,(H,20,24). The number of carbonyl (C=O) groups excluding carboxylic acids is 1. The predicted octanol–water partition coefficient (Wildman–Crippen LogP) is 3.96. The predicted molar refractivity (Wildman–Crippen MR) is 100 cm³/mol. The first-order valence-corrected chi connectivity index (χ1v) is 9.21. The Balaban J connectivity index is 1.85. The van der Waals surface area contributed by atoms with Crippen molar-refractivity contribution in [1.82, 2.24) is 20.1 Å². The van der Waals surface area contributed by atoms with E-state index < -0.39 is 0 Å². The molecule has 0 fully saturated rings. The number of benzene rings is 2. The highest BCUT2D eigenvalue weighted by Gasteiger charge is 2.15. The summed E-state index contributed by atoms with van der Waals surface area (Å²) in [5.74, 6) is 1.38. The van der Waals surface area contributed by atoms with Crippen LogP contribution in [0.25, 0.3) is 5.69 Å². The molecule has 3 rings (SSSR count). The lowest BCUT2D eigenvalue weighted by Gasteiger charge is -2.11. The lowest BCUT2D eigenvalue weighted by atomic mass is 10.2. The summed E-state index contributed by atoms with van der Waals surface area (Å²) in [5.41, 5.74) is 1.48. The van der Waals surface area contributed by atoms with Gasteiger partial charge in [0.05, 0.1) is 12.2 Å². The summed E-state index contributed by atoms with van der Waals surface area (Å²) < 4.78 is 1.92. The molecule has 0 radical (unpaired) electrons. The molecule has 0 bridgehead atoms. The van der Waals surface area contributed by atoms with Gasteiger partial charge in [-0.25, -0.2) is 0 Å². The zero-order valence-corrected chi connectivity index (χ0v) is 15.2. The Kier molecular flexibility index (Phi) is 5.73. The molecule has 128 valence electrons. The van der Waals surface area contributed by atoms with Crippen LogP contribution in [0.2, 0.25) is 5.02 Å². The number of aromatic nitrogens is 3. The fraction of sp³-hybridized carbons (Fsp3) is 0.167. The Morgan fingerprint density at radius 3 is 2.68 bits per heavy atom. The lowest BCUT2D eigenvalue weighted by Crippen LogP contribution is -2.24. The molecule has 0 aliphatic heterocycles. The molecule has 3 aromatic rings. The van der Waals surface area contributed by atoms with E-state index >= 15 is 0 Å². The average Bonchev–Trinajstić information content (AvgIpc) is 3.03. The maximum absolute atomic E-state index is 12.3. The van der Waals surface area contributed by atoms with E-state index in [1.165, 1.54) is 0 Å². The first-order chi connectivity index (χ1) is 12.2. The number of nitrogens with one attached hydrogen (secondary N) is 1. The molecule has 5 nitrogen and oxygen atoms in total. The van der Waals surface area contributed by atoms with Gasteiger partial charge in [0.25, 0.3) is 5.91 Å². The van der Waals surface area contributed by atoms with Crippen LogP contribution in [-0.4, -0.2) is 26.4 Å². The fourth-order valence-electron chi connectivity index (χ4n) is 2.36. The van der Waals surface area contributed by atoms with Gasteiger partial charge in [0.1, 0.15) is 0 Å². The zero-order chi connectivity index (χ0) is 17.6. The normalized spacial score (nSPS) is 10.6. The van der Waals surface area contributed by atoms with Crippen LogP contribution in [0.15, 0.2) is 59.8 Å². The Morgan fingerprint density at radius 1 is 1.16 bits per heavy atom. The van der Waals surface area contributed by atoms with E-state index in [0.717, 1.165) is 16.6 Å². The van der Waals surface area contributed by atoms with Gasteiger partial charge in [0, 0.05) is 10.6 Å². The molecular weight excluding hydrogens is 356 g/mol. The molecule has 0 unspecified atom stereocenters. The number of rotatable bonds is 6. The van der Waals surface area contributed by atoms with Crippen molar-refractivity contribution in [3.63, 3.8) is 0 Å². The molecule has 1 N–H and O–H groups in total. The first-order valence-electron chi connectivity index (χ1n) is 7.85. The van der Waals surface area contributed by atoms with Gasteiger partial charge in [-0.05, 0) is 36.1 Å². The third-order valence-electron chi connectivity index (χ3n) is 3.48. The molecule has 0 spiro atoms. The third kappa shape index (κ3) is 4.21. The van der Waals surface area contributed by atoms with Crippen LogP contribution in [0, 0.1) is 0 Å². The van der Waals surface area contributed by atoms with Gasteiger partial charge in [-0.2, -0.15) is 0 Å². The Morgan fingerprint density at radius 2 is 1.96 bits per heavy atom. The molecule has 7 heteroatoms. The number of hydrogen-bond donors (Lipinski definition) is 1. The van der Waals surface area contributed by atoms with Crippen molar-refractivity contribution in [2.45, 2.75) is 18.6 Å². The van der Waals surface area contributed by atoms with E-state index in [1.807, 2.05) is 47.0 Å². The van der Waals surface area contributed by atoms with E-state index in [2.05, 4.69) is 22.4 Å². The van der Waals surface area contributed by atoms with Crippen LogP contribution in [-0.2, 0) is 6.54 Å². The van der Waals surface area contributed by atoms with Gasteiger partial charge in [-0.3, -0.25) is 9.36 Å².